The minimum absolute atomic E-state index is 0.631. The maximum Gasteiger partial charge on any atom is 0.143 e. The SMILES string of the molecule is c1ccc2c(c1)-c1ccccc1C21c2cc(-c3ccc4ccccc4c3)c3oc4ccccc4c3c2-c2c1cc(-c1ccc3ccccc3c1)c1oc3ccccc3c21. The summed E-state index contributed by atoms with van der Waals surface area (Å²) in [4.78, 5) is 0. The predicted octanol–water partition coefficient (Wildman–Crippen LogP) is 15.5. The molecule has 0 bridgehead atoms. The minimum atomic E-state index is -0.631. The Morgan fingerprint density at radius 1 is 0.305 bits per heavy atom. The molecule has 10 aromatic carbocycles. The zero-order valence-corrected chi connectivity index (χ0v) is 31.8. The number of hydrogen-bond donors (Lipinski definition) is 0. The van der Waals surface area contributed by atoms with Crippen molar-refractivity contribution in [2.75, 3.05) is 0 Å². The molecule has 0 saturated carbocycles. The number of rotatable bonds is 2. The molecule has 2 aliphatic carbocycles. The lowest BCUT2D eigenvalue weighted by atomic mass is 9.69. The highest BCUT2D eigenvalue weighted by Crippen LogP contribution is 2.67. The van der Waals surface area contributed by atoms with Gasteiger partial charge in [0.25, 0.3) is 0 Å². The van der Waals surface area contributed by atoms with Crippen LogP contribution in [0.5, 0.6) is 0 Å². The fourth-order valence-corrected chi connectivity index (χ4v) is 11.0. The third kappa shape index (κ3) is 3.96. The minimum Gasteiger partial charge on any atom is -0.455 e. The molecule has 2 nitrogen and oxygen atoms in total. The summed E-state index contributed by atoms with van der Waals surface area (Å²) in [6.07, 6.45) is 0. The summed E-state index contributed by atoms with van der Waals surface area (Å²) in [5, 5.41) is 9.36. The molecule has 59 heavy (non-hydrogen) atoms. The van der Waals surface area contributed by atoms with Crippen LogP contribution in [0.2, 0.25) is 0 Å². The summed E-state index contributed by atoms with van der Waals surface area (Å²) in [5.41, 5.74) is 17.5. The Hall–Kier alpha value is -7.68. The van der Waals surface area contributed by atoms with Crippen LogP contribution in [0.1, 0.15) is 22.3 Å². The Bertz CT molecular complexity index is 3550. The van der Waals surface area contributed by atoms with Gasteiger partial charge in [0.2, 0.25) is 0 Å². The third-order valence-corrected chi connectivity index (χ3v) is 13.4. The monoisotopic (exact) mass is 748 g/mol. The van der Waals surface area contributed by atoms with Gasteiger partial charge in [-0.05, 0) is 114 Å². The van der Waals surface area contributed by atoms with E-state index in [0.717, 1.165) is 66.1 Å². The number of fused-ring (bicyclic) bond motifs is 20. The lowest BCUT2D eigenvalue weighted by Crippen LogP contribution is -2.26. The molecule has 0 saturated heterocycles. The van der Waals surface area contributed by atoms with Crippen LogP contribution in [-0.4, -0.2) is 0 Å². The average molecular weight is 749 g/mol. The molecule has 0 radical (unpaired) electrons. The van der Waals surface area contributed by atoms with Gasteiger partial charge in [0.15, 0.2) is 0 Å². The van der Waals surface area contributed by atoms with Gasteiger partial charge in [-0.1, -0.05) is 158 Å². The second kappa shape index (κ2) is 11.2. The van der Waals surface area contributed by atoms with Gasteiger partial charge in [-0.15, -0.1) is 0 Å². The molecule has 14 rings (SSSR count). The van der Waals surface area contributed by atoms with E-state index in [1.807, 2.05) is 0 Å². The fourth-order valence-electron chi connectivity index (χ4n) is 11.0. The van der Waals surface area contributed by atoms with Gasteiger partial charge < -0.3 is 8.83 Å². The van der Waals surface area contributed by atoms with Gasteiger partial charge in [-0.2, -0.15) is 0 Å². The highest BCUT2D eigenvalue weighted by Gasteiger charge is 2.54. The van der Waals surface area contributed by atoms with E-state index in [1.165, 1.54) is 66.1 Å². The van der Waals surface area contributed by atoms with Crippen molar-refractivity contribution < 1.29 is 8.83 Å². The molecule has 2 heteroatoms. The second-order valence-corrected chi connectivity index (χ2v) is 16.3. The largest absolute Gasteiger partial charge is 0.455 e. The lowest BCUT2D eigenvalue weighted by molar-refractivity contribution is 0.669. The summed E-state index contributed by atoms with van der Waals surface area (Å²) >= 11 is 0. The van der Waals surface area contributed by atoms with E-state index in [0.29, 0.717) is 0 Å². The topological polar surface area (TPSA) is 26.3 Å². The zero-order valence-electron chi connectivity index (χ0n) is 31.8. The van der Waals surface area contributed by atoms with Gasteiger partial charge >= 0.3 is 0 Å². The van der Waals surface area contributed by atoms with Crippen molar-refractivity contribution in [3.05, 3.63) is 216 Å². The first-order valence-electron chi connectivity index (χ1n) is 20.4. The Labute approximate surface area is 339 Å². The molecule has 0 aliphatic heterocycles. The van der Waals surface area contributed by atoms with Gasteiger partial charge in [-0.3, -0.25) is 0 Å². The quantitative estimate of drug-likeness (QED) is 0.176. The Morgan fingerprint density at radius 2 is 0.712 bits per heavy atom. The smallest absolute Gasteiger partial charge is 0.143 e. The van der Waals surface area contributed by atoms with E-state index in [4.69, 9.17) is 8.83 Å². The van der Waals surface area contributed by atoms with Gasteiger partial charge in [0, 0.05) is 32.7 Å². The van der Waals surface area contributed by atoms with Crippen molar-refractivity contribution in [3.8, 4) is 44.5 Å². The van der Waals surface area contributed by atoms with E-state index in [-0.39, 0.29) is 0 Å². The van der Waals surface area contributed by atoms with E-state index in [2.05, 4.69) is 194 Å². The van der Waals surface area contributed by atoms with E-state index >= 15 is 0 Å². The van der Waals surface area contributed by atoms with Crippen molar-refractivity contribution in [3.63, 3.8) is 0 Å². The van der Waals surface area contributed by atoms with Crippen LogP contribution >= 0.6 is 0 Å². The average Bonchev–Trinajstić information content (AvgIpc) is 4.03. The Morgan fingerprint density at radius 3 is 1.20 bits per heavy atom. The first-order valence-corrected chi connectivity index (χ1v) is 20.4. The van der Waals surface area contributed by atoms with Crippen LogP contribution in [0.15, 0.2) is 203 Å². The Kier molecular flexibility index (Phi) is 5.99. The highest BCUT2D eigenvalue weighted by molar-refractivity contribution is 6.27. The van der Waals surface area contributed by atoms with Crippen molar-refractivity contribution in [1.29, 1.82) is 0 Å². The number of para-hydroxylation sites is 2. The molecule has 2 heterocycles. The fraction of sp³-hybridized carbons (Fsp3) is 0.0175. The summed E-state index contributed by atoms with van der Waals surface area (Å²) in [7, 11) is 0. The summed E-state index contributed by atoms with van der Waals surface area (Å²) < 4.78 is 14.1. The van der Waals surface area contributed by atoms with Crippen LogP contribution in [0, 0.1) is 0 Å². The van der Waals surface area contributed by atoms with E-state index < -0.39 is 5.41 Å². The summed E-state index contributed by atoms with van der Waals surface area (Å²) in [5.74, 6) is 0. The molecule has 272 valence electrons. The maximum atomic E-state index is 7.07. The molecule has 1 spiro atoms. The number of benzene rings is 10. The first kappa shape index (κ1) is 31.4. The van der Waals surface area contributed by atoms with Crippen LogP contribution in [0.25, 0.3) is 110 Å². The van der Waals surface area contributed by atoms with Gasteiger partial charge in [0.1, 0.15) is 22.3 Å². The number of furan rings is 2. The normalized spacial score (nSPS) is 13.6. The van der Waals surface area contributed by atoms with Crippen molar-refractivity contribution in [1.82, 2.24) is 0 Å². The first-order chi connectivity index (χ1) is 29.3. The standard InChI is InChI=1S/C57H32O2/c1-3-15-35-29-37(27-25-33(35)13-1)43-31-47-53(51-41-19-7-11-23-49(41)58-55(43)51)54-48(57(47)45-21-9-5-17-39(45)40-18-6-10-22-46(40)57)32-44(38-28-26-34-14-2-4-16-36(34)30-38)56-52(54)42-20-8-12-24-50(42)59-56/h1-32H. The predicted molar refractivity (Wildman–Crippen MR) is 243 cm³/mol. The second-order valence-electron chi connectivity index (χ2n) is 16.3. The zero-order chi connectivity index (χ0) is 38.4. The third-order valence-electron chi connectivity index (χ3n) is 13.4. The Balaban J connectivity index is 1.24. The van der Waals surface area contributed by atoms with Crippen LogP contribution < -0.4 is 0 Å². The van der Waals surface area contributed by atoms with Crippen molar-refractivity contribution in [2.24, 2.45) is 0 Å². The molecule has 0 unspecified atom stereocenters. The molecule has 0 N–H and O–H groups in total. The van der Waals surface area contributed by atoms with Gasteiger partial charge in [0.05, 0.1) is 5.41 Å². The van der Waals surface area contributed by atoms with Crippen LogP contribution in [0.3, 0.4) is 0 Å². The summed E-state index contributed by atoms with van der Waals surface area (Å²) in [6.45, 7) is 0. The van der Waals surface area contributed by atoms with Crippen molar-refractivity contribution in [2.45, 2.75) is 5.41 Å². The summed E-state index contributed by atoms with van der Waals surface area (Å²) in [6, 6.07) is 71.2. The molecule has 0 amide bonds. The molecular formula is C57H32O2. The van der Waals surface area contributed by atoms with E-state index in [1.54, 1.807) is 0 Å². The molecule has 0 atom stereocenters. The molecule has 0 fully saturated rings. The molecule has 2 aromatic heterocycles. The number of hydrogen-bond acceptors (Lipinski definition) is 2. The molecular weight excluding hydrogens is 717 g/mol. The van der Waals surface area contributed by atoms with Crippen LogP contribution in [-0.2, 0) is 5.41 Å². The molecule has 2 aliphatic rings. The maximum absolute atomic E-state index is 7.07. The lowest BCUT2D eigenvalue weighted by Gasteiger charge is -2.31. The van der Waals surface area contributed by atoms with E-state index in [9.17, 15) is 0 Å². The molecule has 12 aromatic rings. The van der Waals surface area contributed by atoms with Gasteiger partial charge in [-0.25, -0.2) is 0 Å². The highest BCUT2D eigenvalue weighted by atomic mass is 16.3. The van der Waals surface area contributed by atoms with Crippen molar-refractivity contribution >= 4 is 65.4 Å². The van der Waals surface area contributed by atoms with Crippen LogP contribution in [0.4, 0.5) is 0 Å².